The summed E-state index contributed by atoms with van der Waals surface area (Å²) in [5.41, 5.74) is 1.51. The van der Waals surface area contributed by atoms with Crippen LogP contribution in [-0.4, -0.2) is 30.2 Å². The Hall–Kier alpha value is -2.47. The van der Waals surface area contributed by atoms with Gasteiger partial charge in [0.15, 0.2) is 5.75 Å². The molecule has 0 atom stereocenters. The number of hydrogen-bond donors (Lipinski definition) is 3. The Balaban J connectivity index is 1.76. The van der Waals surface area contributed by atoms with Gasteiger partial charge in [-0.1, -0.05) is 17.7 Å². The summed E-state index contributed by atoms with van der Waals surface area (Å²) in [7, 11) is 0. The fourth-order valence-electron chi connectivity index (χ4n) is 2.12. The second-order valence-electron chi connectivity index (χ2n) is 5.69. The van der Waals surface area contributed by atoms with Crippen LogP contribution in [0.3, 0.4) is 0 Å². The van der Waals surface area contributed by atoms with E-state index in [1.807, 2.05) is 26.0 Å². The Morgan fingerprint density at radius 1 is 1.24 bits per heavy atom. The van der Waals surface area contributed by atoms with Crippen molar-refractivity contribution in [2.45, 2.75) is 26.4 Å². The third-order valence-electron chi connectivity index (χ3n) is 3.20. The van der Waals surface area contributed by atoms with E-state index in [0.717, 1.165) is 18.7 Å². The number of ether oxygens (including phenoxy) is 1. The number of pyridine rings is 1. The zero-order valence-corrected chi connectivity index (χ0v) is 15.1. The van der Waals surface area contributed by atoms with E-state index in [9.17, 15) is 4.79 Å². The smallest absolute Gasteiger partial charge is 0.319 e. The summed E-state index contributed by atoms with van der Waals surface area (Å²) in [6.07, 6.45) is 4.23. The van der Waals surface area contributed by atoms with Gasteiger partial charge in [-0.15, -0.1) is 0 Å². The summed E-state index contributed by atoms with van der Waals surface area (Å²) in [6.45, 7) is 5.09. The summed E-state index contributed by atoms with van der Waals surface area (Å²) >= 11 is 6.15. The first-order chi connectivity index (χ1) is 12.1. The van der Waals surface area contributed by atoms with Crippen LogP contribution in [0.5, 0.6) is 5.75 Å². The first-order valence-corrected chi connectivity index (χ1v) is 8.58. The van der Waals surface area contributed by atoms with Gasteiger partial charge in [0.25, 0.3) is 0 Å². The first-order valence-electron chi connectivity index (χ1n) is 8.20. The van der Waals surface area contributed by atoms with Crippen molar-refractivity contribution in [1.29, 1.82) is 0 Å². The van der Waals surface area contributed by atoms with Crippen LogP contribution in [0.25, 0.3) is 0 Å². The van der Waals surface area contributed by atoms with Crippen molar-refractivity contribution in [1.82, 2.24) is 10.3 Å². The highest BCUT2D eigenvalue weighted by atomic mass is 35.5. The van der Waals surface area contributed by atoms with Crippen molar-refractivity contribution in [3.05, 3.63) is 47.7 Å². The number of urea groups is 1. The van der Waals surface area contributed by atoms with E-state index in [1.54, 1.807) is 30.6 Å². The van der Waals surface area contributed by atoms with Crippen molar-refractivity contribution < 1.29 is 9.53 Å². The third-order valence-corrected chi connectivity index (χ3v) is 3.50. The molecule has 1 aromatic heterocycles. The minimum atomic E-state index is -0.294. The topological polar surface area (TPSA) is 75.3 Å². The lowest BCUT2D eigenvalue weighted by atomic mass is 10.3. The number of para-hydroxylation sites is 1. The molecule has 0 bridgehead atoms. The van der Waals surface area contributed by atoms with E-state index in [0.29, 0.717) is 23.0 Å². The van der Waals surface area contributed by atoms with E-state index >= 15 is 0 Å². The third kappa shape index (κ3) is 6.51. The van der Waals surface area contributed by atoms with Gasteiger partial charge in [0.05, 0.1) is 22.5 Å². The molecule has 2 aromatic rings. The first kappa shape index (κ1) is 18.9. The predicted molar refractivity (Wildman–Crippen MR) is 102 cm³/mol. The van der Waals surface area contributed by atoms with Crippen molar-refractivity contribution in [2.24, 2.45) is 0 Å². The number of hydrogen-bond acceptors (Lipinski definition) is 4. The van der Waals surface area contributed by atoms with Crippen LogP contribution < -0.4 is 20.7 Å². The van der Waals surface area contributed by atoms with Gasteiger partial charge >= 0.3 is 6.03 Å². The lowest BCUT2D eigenvalue weighted by Gasteiger charge is -2.16. The minimum Gasteiger partial charge on any atom is -0.487 e. The molecule has 0 saturated carbocycles. The molecule has 134 valence electrons. The molecule has 0 aliphatic heterocycles. The maximum Gasteiger partial charge on any atom is 0.319 e. The Bertz CT molecular complexity index is 680. The molecule has 7 heteroatoms. The molecule has 0 aliphatic rings. The Morgan fingerprint density at radius 2 is 2.08 bits per heavy atom. The quantitative estimate of drug-likeness (QED) is 0.617. The Morgan fingerprint density at radius 3 is 2.80 bits per heavy atom. The molecule has 0 fully saturated rings. The predicted octanol–water partition coefficient (Wildman–Crippen LogP) is 4.15. The van der Waals surface area contributed by atoms with Crippen molar-refractivity contribution in [2.75, 3.05) is 23.7 Å². The molecule has 1 aromatic carbocycles. The SMILES string of the molecule is CC(C)Oc1c(Cl)cccc1NC(=O)NCCCNc1cccnc1. The molecule has 0 radical (unpaired) electrons. The fourth-order valence-corrected chi connectivity index (χ4v) is 2.34. The van der Waals surface area contributed by atoms with E-state index < -0.39 is 0 Å². The molecule has 2 amide bonds. The Labute approximate surface area is 152 Å². The summed E-state index contributed by atoms with van der Waals surface area (Å²) in [5, 5.41) is 9.29. The molecule has 6 nitrogen and oxygen atoms in total. The minimum absolute atomic E-state index is 0.0398. The summed E-state index contributed by atoms with van der Waals surface area (Å²) in [5.74, 6) is 0.479. The van der Waals surface area contributed by atoms with Crippen LogP contribution in [0.4, 0.5) is 16.2 Å². The van der Waals surface area contributed by atoms with Crippen molar-refractivity contribution in [3.8, 4) is 5.75 Å². The van der Waals surface area contributed by atoms with Crippen molar-refractivity contribution >= 4 is 29.0 Å². The molecular formula is C18H23ClN4O2. The van der Waals surface area contributed by atoms with Gasteiger partial charge in [-0.05, 0) is 44.5 Å². The van der Waals surface area contributed by atoms with Crippen molar-refractivity contribution in [3.63, 3.8) is 0 Å². The zero-order chi connectivity index (χ0) is 18.1. The van der Waals surface area contributed by atoms with E-state index in [2.05, 4.69) is 20.9 Å². The highest BCUT2D eigenvalue weighted by molar-refractivity contribution is 6.32. The molecule has 0 unspecified atom stereocenters. The highest BCUT2D eigenvalue weighted by Gasteiger charge is 2.12. The van der Waals surface area contributed by atoms with Gasteiger partial charge in [-0.2, -0.15) is 0 Å². The zero-order valence-electron chi connectivity index (χ0n) is 14.4. The van der Waals surface area contributed by atoms with Crippen LogP contribution in [-0.2, 0) is 0 Å². The molecule has 0 aliphatic carbocycles. The average Bonchev–Trinajstić information content (AvgIpc) is 2.58. The van der Waals surface area contributed by atoms with Crippen LogP contribution in [0.15, 0.2) is 42.7 Å². The fraction of sp³-hybridized carbons (Fsp3) is 0.333. The van der Waals surface area contributed by atoms with Crippen LogP contribution in [0.1, 0.15) is 20.3 Å². The lowest BCUT2D eigenvalue weighted by Crippen LogP contribution is -2.30. The monoisotopic (exact) mass is 362 g/mol. The van der Waals surface area contributed by atoms with Crippen LogP contribution in [0.2, 0.25) is 5.02 Å². The molecule has 2 rings (SSSR count). The van der Waals surface area contributed by atoms with E-state index in [-0.39, 0.29) is 12.1 Å². The second kappa shape index (κ2) is 9.74. The molecule has 0 saturated heterocycles. The summed E-state index contributed by atoms with van der Waals surface area (Å²) in [4.78, 5) is 16.1. The maximum absolute atomic E-state index is 12.0. The lowest BCUT2D eigenvalue weighted by molar-refractivity contribution is 0.242. The average molecular weight is 363 g/mol. The van der Waals surface area contributed by atoms with Gasteiger partial charge in [0.2, 0.25) is 0 Å². The van der Waals surface area contributed by atoms with Gasteiger partial charge < -0.3 is 20.7 Å². The molecule has 25 heavy (non-hydrogen) atoms. The second-order valence-corrected chi connectivity index (χ2v) is 6.09. The number of anilines is 2. The number of aromatic nitrogens is 1. The van der Waals surface area contributed by atoms with Crippen LogP contribution >= 0.6 is 11.6 Å². The molecule has 3 N–H and O–H groups in total. The van der Waals surface area contributed by atoms with Gasteiger partial charge in [-0.25, -0.2) is 4.79 Å². The maximum atomic E-state index is 12.0. The number of halogens is 1. The molecular weight excluding hydrogens is 340 g/mol. The van der Waals surface area contributed by atoms with Gasteiger partial charge in [0.1, 0.15) is 0 Å². The summed E-state index contributed by atoms with van der Waals surface area (Å²) in [6, 6.07) is 8.78. The highest BCUT2D eigenvalue weighted by Crippen LogP contribution is 2.33. The standard InChI is InChI=1S/C18H23ClN4O2/c1-13(2)25-17-15(19)7-3-8-16(17)23-18(24)22-11-5-10-21-14-6-4-9-20-12-14/h3-4,6-9,12-13,21H,5,10-11H2,1-2H3,(H2,22,23,24). The number of nitrogens with one attached hydrogen (secondary N) is 3. The molecule has 1 heterocycles. The van der Waals surface area contributed by atoms with E-state index in [1.165, 1.54) is 0 Å². The number of carbonyl (C=O) groups is 1. The number of rotatable bonds is 8. The number of carbonyl (C=O) groups excluding carboxylic acids is 1. The molecule has 0 spiro atoms. The van der Waals surface area contributed by atoms with Gasteiger partial charge in [-0.3, -0.25) is 4.98 Å². The number of benzene rings is 1. The normalized spacial score (nSPS) is 10.4. The van der Waals surface area contributed by atoms with E-state index in [4.69, 9.17) is 16.3 Å². The summed E-state index contributed by atoms with van der Waals surface area (Å²) < 4.78 is 5.68. The van der Waals surface area contributed by atoms with Crippen LogP contribution in [0, 0.1) is 0 Å². The van der Waals surface area contributed by atoms with Gasteiger partial charge in [0, 0.05) is 25.5 Å². The Kier molecular flexibility index (Phi) is 7.35. The number of nitrogens with zero attached hydrogens (tertiary/aromatic N) is 1. The number of amides is 2. The largest absolute Gasteiger partial charge is 0.487 e.